The quantitative estimate of drug-likeness (QED) is 0.244. The van der Waals surface area contributed by atoms with Crippen molar-refractivity contribution in [1.29, 1.82) is 0 Å². The number of halogens is 2. The van der Waals surface area contributed by atoms with E-state index in [0.717, 1.165) is 72.2 Å². The van der Waals surface area contributed by atoms with Crippen LogP contribution in [-0.2, 0) is 12.8 Å². The number of carbonyl (C=O) groups excluding carboxylic acids is 1. The molecule has 2 aliphatic carbocycles. The van der Waals surface area contributed by atoms with Crippen molar-refractivity contribution in [2.75, 3.05) is 7.11 Å². The van der Waals surface area contributed by atoms with E-state index in [1.54, 1.807) is 23.9 Å². The van der Waals surface area contributed by atoms with Crippen molar-refractivity contribution in [2.45, 2.75) is 44.6 Å². The van der Waals surface area contributed by atoms with Crippen molar-refractivity contribution in [2.24, 2.45) is 0 Å². The zero-order valence-electron chi connectivity index (χ0n) is 22.1. The van der Waals surface area contributed by atoms with Gasteiger partial charge < -0.3 is 14.8 Å². The molecule has 3 aromatic carbocycles. The maximum atomic E-state index is 13.2. The second kappa shape index (κ2) is 11.4. The molecular formula is C32H29Cl2N3O3. The van der Waals surface area contributed by atoms with Gasteiger partial charge in [-0.3, -0.25) is 0 Å². The van der Waals surface area contributed by atoms with E-state index in [0.29, 0.717) is 21.6 Å². The fourth-order valence-electron chi connectivity index (χ4n) is 5.64. The van der Waals surface area contributed by atoms with Crippen molar-refractivity contribution >= 4 is 40.9 Å². The molecule has 0 saturated heterocycles. The maximum absolute atomic E-state index is 13.2. The Labute approximate surface area is 243 Å². The van der Waals surface area contributed by atoms with Crippen LogP contribution in [0.25, 0.3) is 17.3 Å². The van der Waals surface area contributed by atoms with Crippen molar-refractivity contribution in [3.8, 4) is 17.3 Å². The Kier molecular flexibility index (Phi) is 7.55. The number of methoxy groups -OCH3 is 1. The van der Waals surface area contributed by atoms with Gasteiger partial charge in [0.25, 0.3) is 0 Å². The molecule has 0 fully saturated rings. The molecule has 1 heterocycles. The summed E-state index contributed by atoms with van der Waals surface area (Å²) in [6.45, 7) is 0. The van der Waals surface area contributed by atoms with Gasteiger partial charge in [0.2, 0.25) is 5.88 Å². The molecule has 0 aliphatic heterocycles. The van der Waals surface area contributed by atoms with Gasteiger partial charge in [-0.2, -0.15) is 0 Å². The number of benzene rings is 3. The third kappa shape index (κ3) is 5.34. The topological polar surface area (TPSA) is 65.4 Å². The monoisotopic (exact) mass is 573 g/mol. The van der Waals surface area contributed by atoms with Gasteiger partial charge in [0.05, 0.1) is 29.6 Å². The molecule has 6 rings (SSSR count). The summed E-state index contributed by atoms with van der Waals surface area (Å²) in [5, 5.41) is 8.87. The molecule has 1 amide bonds. The number of rotatable bonds is 5. The lowest BCUT2D eigenvalue weighted by atomic mass is 10.0. The van der Waals surface area contributed by atoms with E-state index < -0.39 is 6.09 Å². The van der Waals surface area contributed by atoms with Crippen LogP contribution in [0.1, 0.15) is 59.7 Å². The summed E-state index contributed by atoms with van der Waals surface area (Å²) in [7, 11) is 1.66. The summed E-state index contributed by atoms with van der Waals surface area (Å²) in [6.07, 6.45) is 6.94. The Morgan fingerprint density at radius 2 is 1.82 bits per heavy atom. The Morgan fingerprint density at radius 1 is 1.02 bits per heavy atom. The molecule has 6 nitrogen and oxygen atoms in total. The number of aryl methyl sites for hydroxylation is 1. The maximum Gasteiger partial charge on any atom is 0.414 e. The first-order chi connectivity index (χ1) is 19.5. The summed E-state index contributed by atoms with van der Waals surface area (Å²) in [4.78, 5) is 13.2. The first kappa shape index (κ1) is 26.5. The highest BCUT2D eigenvalue weighted by Crippen LogP contribution is 2.39. The number of nitrogens with zero attached hydrogens (tertiary/aromatic N) is 2. The SMILES string of the molecule is COc1ccc(/C=C2\CCCCc3c(OC(=O)N[C@@H]4CCc5ccccc54)nn(-c4ccc(Cl)cc4Cl)c32)cc1. The lowest BCUT2D eigenvalue weighted by Crippen LogP contribution is -2.30. The van der Waals surface area contributed by atoms with Crippen LogP contribution < -0.4 is 14.8 Å². The predicted molar refractivity (Wildman–Crippen MR) is 159 cm³/mol. The first-order valence-electron chi connectivity index (χ1n) is 13.5. The molecule has 0 spiro atoms. The number of fused-ring (bicyclic) bond motifs is 2. The van der Waals surface area contributed by atoms with E-state index in [1.807, 2.05) is 42.5 Å². The standard InChI is InChI=1S/C32H29Cl2N3O3/c1-39-24-14-10-20(11-15-24)18-22-7-3-5-9-26-30(22)37(29-17-13-23(33)19-27(29)34)36-31(26)40-32(38)35-28-16-12-21-6-2-4-8-25(21)28/h2,4,6,8,10-11,13-15,17-19,28H,3,5,7,9,12,16H2,1H3,(H,35,38)/b22-18+/t28-/m1/s1. The number of allylic oxidation sites excluding steroid dienone is 1. The molecule has 2 aliphatic rings. The van der Waals surface area contributed by atoms with Crippen LogP contribution in [0.5, 0.6) is 11.6 Å². The molecule has 1 N–H and O–H groups in total. The molecule has 0 saturated carbocycles. The highest BCUT2D eigenvalue weighted by atomic mass is 35.5. The smallest absolute Gasteiger partial charge is 0.414 e. The molecule has 4 aromatic rings. The number of hydrogen-bond acceptors (Lipinski definition) is 4. The second-order valence-corrected chi connectivity index (χ2v) is 11.0. The van der Waals surface area contributed by atoms with E-state index in [2.05, 4.69) is 23.5 Å². The molecule has 0 bridgehead atoms. The van der Waals surface area contributed by atoms with E-state index >= 15 is 0 Å². The zero-order chi connectivity index (χ0) is 27.6. The highest BCUT2D eigenvalue weighted by Gasteiger charge is 2.29. The summed E-state index contributed by atoms with van der Waals surface area (Å²) in [5.41, 5.74) is 7.00. The molecular weight excluding hydrogens is 545 g/mol. The van der Waals surface area contributed by atoms with Gasteiger partial charge in [-0.25, -0.2) is 9.48 Å². The first-order valence-corrected chi connectivity index (χ1v) is 14.2. The van der Waals surface area contributed by atoms with E-state index in [1.165, 1.54) is 5.56 Å². The van der Waals surface area contributed by atoms with Crippen LogP contribution in [-0.4, -0.2) is 23.0 Å². The molecule has 8 heteroatoms. The van der Waals surface area contributed by atoms with Gasteiger partial charge in [-0.1, -0.05) is 59.6 Å². The van der Waals surface area contributed by atoms with Gasteiger partial charge in [-0.05, 0) is 97.2 Å². The summed E-state index contributed by atoms with van der Waals surface area (Å²) >= 11 is 12.9. The molecule has 1 aromatic heterocycles. The number of ether oxygens (including phenoxy) is 2. The largest absolute Gasteiger partial charge is 0.497 e. The van der Waals surface area contributed by atoms with Gasteiger partial charge in [0.15, 0.2) is 0 Å². The normalized spacial score (nSPS) is 17.2. The molecule has 204 valence electrons. The number of aromatic nitrogens is 2. The van der Waals surface area contributed by atoms with Crippen LogP contribution in [0.4, 0.5) is 4.79 Å². The number of carbonyl (C=O) groups is 1. The lowest BCUT2D eigenvalue weighted by molar-refractivity contribution is 0.193. The van der Waals surface area contributed by atoms with E-state index in [4.69, 9.17) is 37.8 Å². The Hall–Kier alpha value is -3.74. The van der Waals surface area contributed by atoms with Crippen molar-refractivity contribution in [3.63, 3.8) is 0 Å². The Balaban J connectivity index is 1.39. The summed E-state index contributed by atoms with van der Waals surface area (Å²) in [5.74, 6) is 1.10. The third-order valence-corrected chi connectivity index (χ3v) is 8.12. The Morgan fingerprint density at radius 3 is 2.62 bits per heavy atom. The number of nitrogens with one attached hydrogen (secondary N) is 1. The van der Waals surface area contributed by atoms with Crippen LogP contribution in [0, 0.1) is 0 Å². The summed E-state index contributed by atoms with van der Waals surface area (Å²) < 4.78 is 13.1. The van der Waals surface area contributed by atoms with Gasteiger partial charge in [0.1, 0.15) is 5.75 Å². The van der Waals surface area contributed by atoms with Gasteiger partial charge in [-0.15, -0.1) is 5.10 Å². The minimum atomic E-state index is -0.513. The van der Waals surface area contributed by atoms with Crippen LogP contribution in [0.3, 0.4) is 0 Å². The fourth-order valence-corrected chi connectivity index (χ4v) is 6.13. The highest BCUT2D eigenvalue weighted by molar-refractivity contribution is 6.35. The van der Waals surface area contributed by atoms with E-state index in [9.17, 15) is 4.79 Å². The van der Waals surface area contributed by atoms with Gasteiger partial charge in [0, 0.05) is 10.6 Å². The third-order valence-electron chi connectivity index (χ3n) is 7.58. The van der Waals surface area contributed by atoms with Crippen LogP contribution in [0.2, 0.25) is 10.0 Å². The average molecular weight is 575 g/mol. The van der Waals surface area contributed by atoms with Crippen molar-refractivity contribution < 1.29 is 14.3 Å². The molecule has 0 unspecified atom stereocenters. The fraction of sp³-hybridized carbons (Fsp3) is 0.250. The summed E-state index contributed by atoms with van der Waals surface area (Å²) in [6, 6.07) is 21.4. The van der Waals surface area contributed by atoms with E-state index in [-0.39, 0.29) is 6.04 Å². The Bertz CT molecular complexity index is 1590. The number of hydrogen-bond donors (Lipinski definition) is 1. The van der Waals surface area contributed by atoms with Crippen LogP contribution in [0.15, 0.2) is 66.7 Å². The average Bonchev–Trinajstić information content (AvgIpc) is 3.44. The lowest BCUT2D eigenvalue weighted by Gasteiger charge is -2.13. The van der Waals surface area contributed by atoms with Crippen molar-refractivity contribution in [1.82, 2.24) is 15.1 Å². The van der Waals surface area contributed by atoms with Crippen molar-refractivity contribution in [3.05, 3.63) is 105 Å². The second-order valence-electron chi connectivity index (χ2n) is 10.1. The minimum Gasteiger partial charge on any atom is -0.497 e. The molecule has 0 radical (unpaired) electrons. The number of amides is 1. The molecule has 40 heavy (non-hydrogen) atoms. The predicted octanol–water partition coefficient (Wildman–Crippen LogP) is 8.23. The van der Waals surface area contributed by atoms with Crippen LogP contribution >= 0.6 is 23.2 Å². The zero-order valence-corrected chi connectivity index (χ0v) is 23.6. The van der Waals surface area contributed by atoms with Gasteiger partial charge >= 0.3 is 6.09 Å². The minimum absolute atomic E-state index is 0.0828. The molecule has 1 atom stereocenters.